The molecule has 1 aliphatic heterocycles. The number of aromatic nitrogens is 2. The number of hydrogen-bond donors (Lipinski definition) is 1. The first-order valence-electron chi connectivity index (χ1n) is 6.03. The van der Waals surface area contributed by atoms with Gasteiger partial charge in [0.2, 0.25) is 0 Å². The highest BCUT2D eigenvalue weighted by molar-refractivity contribution is 7.99. The lowest BCUT2D eigenvalue weighted by molar-refractivity contribution is 0.541. The number of nitrogens with two attached hydrogens (primary N) is 1. The molecule has 2 unspecified atom stereocenters. The van der Waals surface area contributed by atoms with Gasteiger partial charge >= 0.3 is 0 Å². The van der Waals surface area contributed by atoms with Crippen LogP contribution in [-0.4, -0.2) is 21.5 Å². The molecule has 0 bridgehead atoms. The summed E-state index contributed by atoms with van der Waals surface area (Å²) in [5.41, 5.74) is 8.51. The van der Waals surface area contributed by atoms with Gasteiger partial charge in [-0.25, -0.2) is 9.97 Å². The molecule has 0 spiro atoms. The molecule has 1 aromatic rings. The predicted molar refractivity (Wildman–Crippen MR) is 66.6 cm³/mol. The molecule has 86 valence electrons. The van der Waals surface area contributed by atoms with Crippen molar-refractivity contribution in [2.75, 3.05) is 11.5 Å². The van der Waals surface area contributed by atoms with E-state index in [9.17, 15) is 0 Å². The first-order valence-corrected chi connectivity index (χ1v) is 7.19. The third kappa shape index (κ3) is 1.84. The van der Waals surface area contributed by atoms with E-state index >= 15 is 0 Å². The molecule has 0 amide bonds. The van der Waals surface area contributed by atoms with Crippen molar-refractivity contribution in [2.45, 2.75) is 37.6 Å². The Morgan fingerprint density at radius 2 is 2.31 bits per heavy atom. The Kier molecular flexibility index (Phi) is 2.86. The van der Waals surface area contributed by atoms with Gasteiger partial charge < -0.3 is 5.73 Å². The van der Waals surface area contributed by atoms with Crippen LogP contribution in [0.5, 0.6) is 0 Å². The SMILES string of the molecule is NC1CCCc2cnc(C3CCSC3)nc21. The molecule has 2 atom stereocenters. The van der Waals surface area contributed by atoms with Gasteiger partial charge in [0.25, 0.3) is 0 Å². The molecule has 1 saturated heterocycles. The minimum atomic E-state index is 0.138. The Labute approximate surface area is 100 Å². The van der Waals surface area contributed by atoms with E-state index in [0.717, 1.165) is 24.4 Å². The fraction of sp³-hybridized carbons (Fsp3) is 0.667. The molecule has 4 heteroatoms. The highest BCUT2D eigenvalue weighted by Gasteiger charge is 2.24. The highest BCUT2D eigenvalue weighted by Crippen LogP contribution is 2.32. The minimum Gasteiger partial charge on any atom is -0.323 e. The van der Waals surface area contributed by atoms with E-state index in [-0.39, 0.29) is 6.04 Å². The van der Waals surface area contributed by atoms with Crippen LogP contribution in [0.3, 0.4) is 0 Å². The van der Waals surface area contributed by atoms with Crippen LogP contribution < -0.4 is 5.73 Å². The summed E-state index contributed by atoms with van der Waals surface area (Å²) < 4.78 is 0. The van der Waals surface area contributed by atoms with Gasteiger partial charge in [0, 0.05) is 23.9 Å². The standard InChI is InChI=1S/C12H17N3S/c13-10-3-1-2-8-6-14-12(15-11(8)10)9-4-5-16-7-9/h6,9-10H,1-5,7,13H2. The van der Waals surface area contributed by atoms with Crippen molar-refractivity contribution in [1.82, 2.24) is 9.97 Å². The van der Waals surface area contributed by atoms with Crippen molar-refractivity contribution in [1.29, 1.82) is 0 Å². The second-order valence-electron chi connectivity index (χ2n) is 4.70. The van der Waals surface area contributed by atoms with Crippen molar-refractivity contribution < 1.29 is 0 Å². The summed E-state index contributed by atoms with van der Waals surface area (Å²) in [5, 5.41) is 0. The molecule has 3 nitrogen and oxygen atoms in total. The maximum Gasteiger partial charge on any atom is 0.132 e. The van der Waals surface area contributed by atoms with Crippen LogP contribution in [0.15, 0.2) is 6.20 Å². The molecule has 1 aliphatic carbocycles. The van der Waals surface area contributed by atoms with Crippen LogP contribution in [0.25, 0.3) is 0 Å². The van der Waals surface area contributed by atoms with Crippen LogP contribution in [0.1, 0.15) is 48.3 Å². The topological polar surface area (TPSA) is 51.8 Å². The average Bonchev–Trinajstić information content (AvgIpc) is 2.83. The smallest absolute Gasteiger partial charge is 0.132 e. The van der Waals surface area contributed by atoms with Gasteiger partial charge in [-0.15, -0.1) is 0 Å². The van der Waals surface area contributed by atoms with Crippen LogP contribution in [0, 0.1) is 0 Å². The largest absolute Gasteiger partial charge is 0.323 e. The summed E-state index contributed by atoms with van der Waals surface area (Å²) in [5.74, 6) is 4.01. The lowest BCUT2D eigenvalue weighted by Gasteiger charge is -2.21. The second kappa shape index (κ2) is 4.34. The summed E-state index contributed by atoms with van der Waals surface area (Å²) in [6.07, 6.45) is 6.58. The first kappa shape index (κ1) is 10.5. The van der Waals surface area contributed by atoms with Gasteiger partial charge in [0.15, 0.2) is 0 Å². The summed E-state index contributed by atoms with van der Waals surface area (Å²) in [7, 11) is 0. The number of thioether (sulfide) groups is 1. The van der Waals surface area contributed by atoms with Crippen LogP contribution in [0.4, 0.5) is 0 Å². The molecule has 0 aromatic carbocycles. The number of nitrogens with zero attached hydrogens (tertiary/aromatic N) is 2. The zero-order chi connectivity index (χ0) is 11.0. The summed E-state index contributed by atoms with van der Waals surface area (Å²) in [6, 6.07) is 0.138. The van der Waals surface area contributed by atoms with Crippen LogP contribution >= 0.6 is 11.8 Å². The highest BCUT2D eigenvalue weighted by atomic mass is 32.2. The van der Waals surface area contributed by atoms with Gasteiger partial charge in [0.1, 0.15) is 5.82 Å². The van der Waals surface area contributed by atoms with Gasteiger partial charge in [-0.3, -0.25) is 0 Å². The maximum atomic E-state index is 6.12. The van der Waals surface area contributed by atoms with Gasteiger partial charge in [-0.1, -0.05) is 0 Å². The molecule has 1 fully saturated rings. The molecule has 3 rings (SSSR count). The molecular weight excluding hydrogens is 218 g/mol. The molecule has 0 saturated carbocycles. The van der Waals surface area contributed by atoms with E-state index in [2.05, 4.69) is 4.98 Å². The van der Waals surface area contributed by atoms with E-state index in [4.69, 9.17) is 10.7 Å². The Hall–Kier alpha value is -0.610. The first-order chi connectivity index (χ1) is 7.84. The number of aryl methyl sites for hydroxylation is 1. The van der Waals surface area contributed by atoms with Crippen LogP contribution in [-0.2, 0) is 6.42 Å². The zero-order valence-corrected chi connectivity index (χ0v) is 10.2. The molecular formula is C12H17N3S. The molecule has 1 aromatic heterocycles. The Balaban J connectivity index is 1.93. The molecule has 0 radical (unpaired) electrons. The zero-order valence-electron chi connectivity index (χ0n) is 9.35. The van der Waals surface area contributed by atoms with Crippen molar-refractivity contribution in [3.63, 3.8) is 0 Å². The van der Waals surface area contributed by atoms with E-state index < -0.39 is 0 Å². The third-order valence-corrected chi connectivity index (χ3v) is 4.69. The van der Waals surface area contributed by atoms with Crippen molar-refractivity contribution in [3.8, 4) is 0 Å². The average molecular weight is 235 g/mol. The lowest BCUT2D eigenvalue weighted by Crippen LogP contribution is -2.21. The van der Waals surface area contributed by atoms with E-state index in [0.29, 0.717) is 5.92 Å². The van der Waals surface area contributed by atoms with Crippen molar-refractivity contribution in [3.05, 3.63) is 23.3 Å². The molecule has 2 heterocycles. The normalized spacial score (nSPS) is 29.1. The number of hydrogen-bond acceptors (Lipinski definition) is 4. The van der Waals surface area contributed by atoms with Gasteiger partial charge in [0.05, 0.1) is 5.69 Å². The number of fused-ring (bicyclic) bond motifs is 1. The van der Waals surface area contributed by atoms with Gasteiger partial charge in [-0.05, 0) is 37.0 Å². The second-order valence-corrected chi connectivity index (χ2v) is 5.85. The van der Waals surface area contributed by atoms with Crippen LogP contribution in [0.2, 0.25) is 0 Å². The lowest BCUT2D eigenvalue weighted by atomic mass is 9.93. The number of rotatable bonds is 1. The summed E-state index contributed by atoms with van der Waals surface area (Å²) in [4.78, 5) is 9.26. The minimum absolute atomic E-state index is 0.138. The quantitative estimate of drug-likeness (QED) is 0.809. The Morgan fingerprint density at radius 1 is 1.38 bits per heavy atom. The predicted octanol–water partition coefficient (Wildman–Crippen LogP) is 2.03. The Bertz CT molecular complexity index is 388. The maximum absolute atomic E-state index is 6.12. The Morgan fingerprint density at radius 3 is 3.12 bits per heavy atom. The fourth-order valence-corrected chi connectivity index (χ4v) is 3.75. The third-order valence-electron chi connectivity index (χ3n) is 3.52. The van der Waals surface area contributed by atoms with Gasteiger partial charge in [-0.2, -0.15) is 11.8 Å². The molecule has 16 heavy (non-hydrogen) atoms. The van der Waals surface area contributed by atoms with E-state index in [1.807, 2.05) is 18.0 Å². The fourth-order valence-electron chi connectivity index (χ4n) is 2.53. The monoisotopic (exact) mass is 235 g/mol. The van der Waals surface area contributed by atoms with E-state index in [1.54, 1.807) is 0 Å². The molecule has 2 N–H and O–H groups in total. The van der Waals surface area contributed by atoms with Crippen molar-refractivity contribution in [2.24, 2.45) is 5.73 Å². The van der Waals surface area contributed by atoms with E-state index in [1.165, 1.54) is 29.9 Å². The molecule has 2 aliphatic rings. The van der Waals surface area contributed by atoms with Crippen molar-refractivity contribution >= 4 is 11.8 Å². The summed E-state index contributed by atoms with van der Waals surface area (Å²) >= 11 is 2.00. The summed E-state index contributed by atoms with van der Waals surface area (Å²) in [6.45, 7) is 0.